The molecule has 0 radical (unpaired) electrons. The summed E-state index contributed by atoms with van der Waals surface area (Å²) in [6.45, 7) is 1.93. The van der Waals surface area contributed by atoms with Crippen LogP contribution in [0.5, 0.6) is 0 Å². The Morgan fingerprint density at radius 3 is 3.00 bits per heavy atom. The molecule has 1 aliphatic rings. The number of aromatic nitrogens is 2. The monoisotopic (exact) mass is 268 g/mol. The molecule has 1 atom stereocenters. The van der Waals surface area contributed by atoms with Gasteiger partial charge >= 0.3 is 5.69 Å². The van der Waals surface area contributed by atoms with Gasteiger partial charge in [-0.05, 0) is 7.05 Å². The molecule has 1 fully saturated rings. The van der Waals surface area contributed by atoms with Crippen LogP contribution < -0.4 is 16.6 Å². The number of rotatable bonds is 3. The van der Waals surface area contributed by atoms with Crippen LogP contribution in [0.25, 0.3) is 0 Å². The molecule has 2 heterocycles. The Labute approximate surface area is 108 Å². The average Bonchev–Trinajstić information content (AvgIpc) is 2.37. The lowest BCUT2D eigenvalue weighted by atomic mass is 10.2. The number of carbonyl (C=O) groups is 1. The quantitative estimate of drug-likeness (QED) is 0.595. The van der Waals surface area contributed by atoms with Crippen molar-refractivity contribution in [2.24, 2.45) is 0 Å². The summed E-state index contributed by atoms with van der Waals surface area (Å²) in [5, 5.41) is 2.98. The molecule has 0 spiro atoms. The molecule has 19 heavy (non-hydrogen) atoms. The van der Waals surface area contributed by atoms with Gasteiger partial charge in [0.25, 0.3) is 11.5 Å². The van der Waals surface area contributed by atoms with Crippen molar-refractivity contribution in [2.45, 2.75) is 6.10 Å². The highest BCUT2D eigenvalue weighted by molar-refractivity contribution is 5.92. The molecule has 2 rings (SSSR count). The van der Waals surface area contributed by atoms with Crippen molar-refractivity contribution in [1.29, 1.82) is 0 Å². The molecule has 8 nitrogen and oxygen atoms in total. The van der Waals surface area contributed by atoms with Crippen molar-refractivity contribution in [3.8, 4) is 0 Å². The predicted octanol–water partition coefficient (Wildman–Crippen LogP) is -1.88. The van der Waals surface area contributed by atoms with E-state index in [0.717, 1.165) is 6.07 Å². The fraction of sp³-hybridized carbons (Fsp3) is 0.545. The number of hydrogen-bond donors (Lipinski definition) is 3. The summed E-state index contributed by atoms with van der Waals surface area (Å²) in [4.78, 5) is 40.4. The van der Waals surface area contributed by atoms with Gasteiger partial charge in [0, 0.05) is 25.7 Å². The zero-order valence-electron chi connectivity index (χ0n) is 10.6. The van der Waals surface area contributed by atoms with E-state index in [1.54, 1.807) is 11.9 Å². The maximum atomic E-state index is 12.2. The molecule has 1 aromatic rings. The molecule has 1 saturated heterocycles. The molecule has 1 aliphatic heterocycles. The highest BCUT2D eigenvalue weighted by Gasteiger charge is 2.25. The second-order valence-electron chi connectivity index (χ2n) is 4.30. The summed E-state index contributed by atoms with van der Waals surface area (Å²) in [5.74, 6) is -0.368. The van der Waals surface area contributed by atoms with Gasteiger partial charge in [-0.15, -0.1) is 0 Å². The summed E-state index contributed by atoms with van der Waals surface area (Å²) < 4.78 is 5.49. The van der Waals surface area contributed by atoms with E-state index in [-0.39, 0.29) is 17.7 Å². The lowest BCUT2D eigenvalue weighted by Crippen LogP contribution is -2.49. The molecule has 0 aliphatic carbocycles. The number of amides is 1. The van der Waals surface area contributed by atoms with Crippen LogP contribution in [0.15, 0.2) is 15.7 Å². The van der Waals surface area contributed by atoms with Crippen molar-refractivity contribution >= 4 is 5.91 Å². The van der Waals surface area contributed by atoms with E-state index in [0.29, 0.717) is 26.2 Å². The summed E-state index contributed by atoms with van der Waals surface area (Å²) in [5.41, 5.74) is -1.28. The first-order chi connectivity index (χ1) is 9.10. The fourth-order valence-electron chi connectivity index (χ4n) is 2.01. The van der Waals surface area contributed by atoms with Crippen molar-refractivity contribution in [1.82, 2.24) is 20.2 Å². The number of morpholine rings is 1. The molecule has 0 saturated carbocycles. The minimum absolute atomic E-state index is 0.00106. The molecular weight excluding hydrogens is 252 g/mol. The number of aromatic amines is 2. The van der Waals surface area contributed by atoms with E-state index in [4.69, 9.17) is 4.74 Å². The van der Waals surface area contributed by atoms with Crippen LogP contribution in [0.3, 0.4) is 0 Å². The number of carbonyl (C=O) groups excluding carboxylic acids is 1. The zero-order valence-corrected chi connectivity index (χ0v) is 10.6. The van der Waals surface area contributed by atoms with E-state index in [1.165, 1.54) is 0 Å². The Morgan fingerprint density at radius 1 is 1.53 bits per heavy atom. The van der Waals surface area contributed by atoms with E-state index in [1.807, 2.05) is 4.98 Å². The number of H-pyrrole nitrogens is 2. The molecule has 1 unspecified atom stereocenters. The van der Waals surface area contributed by atoms with Gasteiger partial charge < -0.3 is 19.9 Å². The first-order valence-electron chi connectivity index (χ1n) is 5.99. The number of nitrogens with zero attached hydrogens (tertiary/aromatic N) is 1. The van der Waals surface area contributed by atoms with E-state index in [9.17, 15) is 14.4 Å². The minimum Gasteiger partial charge on any atom is -0.373 e. The number of hydrogen-bond acceptors (Lipinski definition) is 5. The van der Waals surface area contributed by atoms with Crippen LogP contribution >= 0.6 is 0 Å². The van der Waals surface area contributed by atoms with E-state index >= 15 is 0 Å². The van der Waals surface area contributed by atoms with Crippen molar-refractivity contribution in [3.63, 3.8) is 0 Å². The third kappa shape index (κ3) is 3.30. The van der Waals surface area contributed by atoms with Gasteiger partial charge in [0.1, 0.15) is 5.69 Å². The Bertz CT molecular complexity index is 534. The fourth-order valence-corrected chi connectivity index (χ4v) is 2.01. The van der Waals surface area contributed by atoms with Crippen LogP contribution in [0, 0.1) is 0 Å². The van der Waals surface area contributed by atoms with Crippen molar-refractivity contribution < 1.29 is 9.53 Å². The van der Waals surface area contributed by atoms with Gasteiger partial charge in [-0.3, -0.25) is 14.6 Å². The van der Waals surface area contributed by atoms with Crippen LogP contribution in [-0.2, 0) is 4.74 Å². The molecule has 0 aromatic carbocycles. The van der Waals surface area contributed by atoms with Gasteiger partial charge in [-0.25, -0.2) is 4.79 Å². The largest absolute Gasteiger partial charge is 0.373 e. The van der Waals surface area contributed by atoms with Crippen LogP contribution in [0.4, 0.5) is 0 Å². The average molecular weight is 268 g/mol. The SMILES string of the molecule is CNCC1CN(C(=O)c2cc(=O)[nH]c(=O)[nH]2)CCO1. The van der Waals surface area contributed by atoms with Gasteiger partial charge in [0.2, 0.25) is 0 Å². The summed E-state index contributed by atoms with van der Waals surface area (Å²) in [6.07, 6.45) is -0.0866. The van der Waals surface area contributed by atoms with Gasteiger partial charge in [0.15, 0.2) is 0 Å². The first kappa shape index (κ1) is 13.5. The lowest BCUT2D eigenvalue weighted by Gasteiger charge is -2.32. The first-order valence-corrected chi connectivity index (χ1v) is 5.99. The van der Waals surface area contributed by atoms with Crippen molar-refractivity contribution in [2.75, 3.05) is 33.3 Å². The Kier molecular flexibility index (Phi) is 4.13. The van der Waals surface area contributed by atoms with Gasteiger partial charge in [-0.2, -0.15) is 0 Å². The third-order valence-corrected chi connectivity index (χ3v) is 2.85. The number of ether oxygens (including phenoxy) is 1. The second-order valence-corrected chi connectivity index (χ2v) is 4.30. The van der Waals surface area contributed by atoms with Crippen LogP contribution in [0.2, 0.25) is 0 Å². The summed E-state index contributed by atoms with van der Waals surface area (Å²) in [6, 6.07) is 1.09. The highest BCUT2D eigenvalue weighted by atomic mass is 16.5. The summed E-state index contributed by atoms with van der Waals surface area (Å²) >= 11 is 0. The lowest BCUT2D eigenvalue weighted by molar-refractivity contribution is -0.0198. The van der Waals surface area contributed by atoms with Gasteiger partial charge in [-0.1, -0.05) is 0 Å². The molecule has 3 N–H and O–H groups in total. The molecule has 0 bridgehead atoms. The van der Waals surface area contributed by atoms with Crippen LogP contribution in [0.1, 0.15) is 10.5 Å². The molecule has 1 aromatic heterocycles. The van der Waals surface area contributed by atoms with Crippen LogP contribution in [-0.4, -0.2) is 60.2 Å². The number of nitrogens with one attached hydrogen (secondary N) is 3. The van der Waals surface area contributed by atoms with E-state index < -0.39 is 11.2 Å². The topological polar surface area (TPSA) is 107 Å². The van der Waals surface area contributed by atoms with E-state index in [2.05, 4.69) is 10.3 Å². The highest BCUT2D eigenvalue weighted by Crippen LogP contribution is 2.07. The normalized spacial score (nSPS) is 19.4. The predicted molar refractivity (Wildman–Crippen MR) is 67.3 cm³/mol. The standard InChI is InChI=1S/C11H16N4O4/c1-12-5-7-6-15(2-3-19-7)10(17)8-4-9(16)14-11(18)13-8/h4,7,12H,2-3,5-6H2,1H3,(H2,13,14,16,18). The summed E-state index contributed by atoms with van der Waals surface area (Å²) in [7, 11) is 1.80. The maximum absolute atomic E-state index is 12.2. The maximum Gasteiger partial charge on any atom is 0.326 e. The third-order valence-electron chi connectivity index (χ3n) is 2.85. The van der Waals surface area contributed by atoms with Gasteiger partial charge in [0.05, 0.1) is 12.7 Å². The Hall–Kier alpha value is -1.93. The molecular formula is C11H16N4O4. The zero-order chi connectivity index (χ0) is 13.8. The smallest absolute Gasteiger partial charge is 0.326 e. The molecule has 8 heteroatoms. The van der Waals surface area contributed by atoms with Crippen molar-refractivity contribution in [3.05, 3.63) is 32.6 Å². The Balaban J connectivity index is 2.14. The molecule has 104 valence electrons. The number of likely N-dealkylation sites (N-methyl/N-ethyl adjacent to an activating group) is 1. The Morgan fingerprint density at radius 2 is 2.32 bits per heavy atom. The minimum atomic E-state index is -0.684. The second kappa shape index (κ2) is 5.81. The molecule has 1 amide bonds.